The molecule has 0 saturated carbocycles. The number of rotatable bonds is 6. The smallest absolute Gasteiger partial charge is 0.305 e. The SMILES string of the molecule is O=C(O)CCn1c(C=Cc2cnn(-c3ccc(Cl)cc3)c2)nc2ccccc2c1=O. The van der Waals surface area contributed by atoms with Crippen LogP contribution in [-0.4, -0.2) is 30.4 Å². The fourth-order valence-corrected chi connectivity index (χ4v) is 3.19. The number of hydrogen-bond donors (Lipinski definition) is 1. The fourth-order valence-electron chi connectivity index (χ4n) is 3.06. The maximum absolute atomic E-state index is 12.9. The second-order valence-electron chi connectivity index (χ2n) is 6.62. The highest BCUT2D eigenvalue weighted by atomic mass is 35.5. The minimum absolute atomic E-state index is 0.0374. The number of aromatic nitrogens is 4. The number of carboxylic acids is 1. The van der Waals surface area contributed by atoms with Gasteiger partial charge in [-0.05, 0) is 48.6 Å². The normalized spacial score (nSPS) is 11.4. The first-order valence-electron chi connectivity index (χ1n) is 9.21. The molecule has 30 heavy (non-hydrogen) atoms. The van der Waals surface area contributed by atoms with E-state index in [2.05, 4.69) is 10.1 Å². The summed E-state index contributed by atoms with van der Waals surface area (Å²) in [5, 5.41) is 14.5. The van der Waals surface area contributed by atoms with Gasteiger partial charge in [-0.3, -0.25) is 14.2 Å². The van der Waals surface area contributed by atoms with Gasteiger partial charge in [-0.15, -0.1) is 0 Å². The van der Waals surface area contributed by atoms with Gasteiger partial charge in [0.1, 0.15) is 5.82 Å². The lowest BCUT2D eigenvalue weighted by Gasteiger charge is -2.10. The summed E-state index contributed by atoms with van der Waals surface area (Å²) in [6.07, 6.45) is 6.83. The Balaban J connectivity index is 1.69. The topological polar surface area (TPSA) is 90.0 Å². The first kappa shape index (κ1) is 19.6. The molecular formula is C22H17ClN4O3. The predicted octanol–water partition coefficient (Wildman–Crippen LogP) is 3.88. The molecule has 0 amide bonds. The first-order valence-corrected chi connectivity index (χ1v) is 9.59. The van der Waals surface area contributed by atoms with Crippen molar-refractivity contribution in [1.29, 1.82) is 0 Å². The Kier molecular flexibility index (Phi) is 5.45. The maximum atomic E-state index is 12.9. The number of fused-ring (bicyclic) bond motifs is 1. The predicted molar refractivity (Wildman–Crippen MR) is 116 cm³/mol. The van der Waals surface area contributed by atoms with Crippen LogP contribution >= 0.6 is 11.6 Å². The van der Waals surface area contributed by atoms with Crippen molar-refractivity contribution >= 4 is 40.6 Å². The number of carboxylic acid groups (broad SMARTS) is 1. The molecule has 1 N–H and O–H groups in total. The highest BCUT2D eigenvalue weighted by Crippen LogP contribution is 2.15. The van der Waals surface area contributed by atoms with E-state index in [0.29, 0.717) is 21.7 Å². The summed E-state index contributed by atoms with van der Waals surface area (Å²) in [5.74, 6) is -0.589. The second kappa shape index (κ2) is 8.34. The van der Waals surface area contributed by atoms with Gasteiger partial charge in [0.05, 0.1) is 29.2 Å². The van der Waals surface area contributed by atoms with Crippen molar-refractivity contribution in [1.82, 2.24) is 19.3 Å². The third-order valence-electron chi connectivity index (χ3n) is 4.56. The molecule has 150 valence electrons. The zero-order valence-corrected chi connectivity index (χ0v) is 16.5. The lowest BCUT2D eigenvalue weighted by molar-refractivity contribution is -0.137. The Labute approximate surface area is 176 Å². The molecule has 2 aromatic carbocycles. The van der Waals surface area contributed by atoms with Gasteiger partial charge in [0.2, 0.25) is 0 Å². The van der Waals surface area contributed by atoms with Crippen LogP contribution in [0, 0.1) is 0 Å². The number of carbonyl (C=O) groups is 1. The average Bonchev–Trinajstić information content (AvgIpc) is 3.21. The molecule has 0 aliphatic rings. The molecule has 0 spiro atoms. The molecule has 2 aromatic heterocycles. The zero-order chi connectivity index (χ0) is 21.1. The van der Waals surface area contributed by atoms with Crippen LogP contribution in [-0.2, 0) is 11.3 Å². The lowest BCUT2D eigenvalue weighted by atomic mass is 10.2. The van der Waals surface area contributed by atoms with Gasteiger partial charge in [0, 0.05) is 23.3 Å². The maximum Gasteiger partial charge on any atom is 0.305 e. The van der Waals surface area contributed by atoms with Crippen molar-refractivity contribution < 1.29 is 9.90 Å². The van der Waals surface area contributed by atoms with Crippen LogP contribution in [0.25, 0.3) is 28.7 Å². The van der Waals surface area contributed by atoms with Crippen LogP contribution in [0.1, 0.15) is 17.8 Å². The molecular weight excluding hydrogens is 404 g/mol. The van der Waals surface area contributed by atoms with Gasteiger partial charge in [0.25, 0.3) is 5.56 Å². The standard InChI is InChI=1S/C22H17ClN4O3/c23-16-6-8-17(9-7-16)27-14-15(13-24-27)5-10-20-25-19-4-2-1-3-18(19)22(30)26(20)12-11-21(28)29/h1-10,13-14H,11-12H2,(H,28,29). The molecule has 0 aliphatic carbocycles. The number of nitrogens with zero attached hydrogens (tertiary/aromatic N) is 4. The Morgan fingerprint density at radius 2 is 1.87 bits per heavy atom. The third-order valence-corrected chi connectivity index (χ3v) is 4.81. The summed E-state index contributed by atoms with van der Waals surface area (Å²) < 4.78 is 3.10. The minimum atomic E-state index is -0.978. The van der Waals surface area contributed by atoms with Crippen LogP contribution in [0.4, 0.5) is 0 Å². The van der Waals surface area contributed by atoms with Crippen LogP contribution in [0.2, 0.25) is 5.02 Å². The third kappa shape index (κ3) is 4.16. The summed E-state index contributed by atoms with van der Waals surface area (Å²) in [6.45, 7) is 0.0374. The Hall–Kier alpha value is -3.71. The van der Waals surface area contributed by atoms with Gasteiger partial charge < -0.3 is 5.11 Å². The Bertz CT molecular complexity index is 1310. The van der Waals surface area contributed by atoms with Gasteiger partial charge in [-0.1, -0.05) is 23.7 Å². The summed E-state index contributed by atoms with van der Waals surface area (Å²) in [6, 6.07) is 14.3. The number of hydrogen-bond acceptors (Lipinski definition) is 4. The molecule has 4 aromatic rings. The summed E-state index contributed by atoms with van der Waals surface area (Å²) >= 11 is 5.92. The van der Waals surface area contributed by atoms with E-state index in [1.165, 1.54) is 4.57 Å². The van der Waals surface area contributed by atoms with Gasteiger partial charge in [-0.2, -0.15) is 5.10 Å². The first-order chi connectivity index (χ1) is 14.5. The van der Waals surface area contributed by atoms with Crippen molar-refractivity contribution in [2.45, 2.75) is 13.0 Å². The Morgan fingerprint density at radius 1 is 1.10 bits per heavy atom. The monoisotopic (exact) mass is 420 g/mol. The molecule has 0 bridgehead atoms. The van der Waals surface area contributed by atoms with Crippen molar-refractivity contribution in [3.63, 3.8) is 0 Å². The van der Waals surface area contributed by atoms with E-state index in [4.69, 9.17) is 16.7 Å². The highest BCUT2D eigenvalue weighted by Gasteiger charge is 2.10. The zero-order valence-electron chi connectivity index (χ0n) is 15.8. The van der Waals surface area contributed by atoms with Crippen molar-refractivity contribution in [3.8, 4) is 5.69 Å². The number of benzene rings is 2. The summed E-state index contributed by atoms with van der Waals surface area (Å²) in [5.41, 5.74) is 1.96. The molecule has 0 atom stereocenters. The number of para-hydroxylation sites is 1. The number of halogens is 1. The molecule has 0 radical (unpaired) electrons. The van der Waals surface area contributed by atoms with E-state index < -0.39 is 5.97 Å². The lowest BCUT2D eigenvalue weighted by Crippen LogP contribution is -2.25. The molecule has 0 saturated heterocycles. The van der Waals surface area contributed by atoms with E-state index >= 15 is 0 Å². The second-order valence-corrected chi connectivity index (χ2v) is 7.05. The van der Waals surface area contributed by atoms with E-state index in [1.807, 2.05) is 18.3 Å². The van der Waals surface area contributed by atoms with Crippen molar-refractivity contribution in [3.05, 3.63) is 87.7 Å². The molecule has 0 unspecified atom stereocenters. The molecule has 0 fully saturated rings. The van der Waals surface area contributed by atoms with Gasteiger partial charge in [-0.25, -0.2) is 9.67 Å². The molecule has 2 heterocycles. The summed E-state index contributed by atoms with van der Waals surface area (Å²) in [7, 11) is 0. The number of aliphatic carboxylic acids is 1. The molecule has 4 rings (SSSR count). The average molecular weight is 421 g/mol. The van der Waals surface area contributed by atoms with Gasteiger partial charge >= 0.3 is 5.97 Å². The molecule has 0 aliphatic heterocycles. The Morgan fingerprint density at radius 3 is 2.63 bits per heavy atom. The van der Waals surface area contributed by atoms with Crippen molar-refractivity contribution in [2.75, 3.05) is 0 Å². The molecule has 7 nitrogen and oxygen atoms in total. The highest BCUT2D eigenvalue weighted by molar-refractivity contribution is 6.30. The van der Waals surface area contributed by atoms with Crippen molar-refractivity contribution in [2.24, 2.45) is 0 Å². The van der Waals surface area contributed by atoms with E-state index in [9.17, 15) is 9.59 Å². The largest absolute Gasteiger partial charge is 0.481 e. The van der Waals surface area contributed by atoms with Crippen LogP contribution in [0.15, 0.2) is 65.7 Å². The van der Waals surface area contributed by atoms with Crippen LogP contribution in [0.5, 0.6) is 0 Å². The molecule has 8 heteroatoms. The fraction of sp³-hybridized carbons (Fsp3) is 0.0909. The van der Waals surface area contributed by atoms with Gasteiger partial charge in [0.15, 0.2) is 0 Å². The minimum Gasteiger partial charge on any atom is -0.481 e. The summed E-state index contributed by atoms with van der Waals surface area (Å²) in [4.78, 5) is 28.4. The van der Waals surface area contributed by atoms with Crippen LogP contribution < -0.4 is 5.56 Å². The quantitative estimate of drug-likeness (QED) is 0.511. The van der Waals surface area contributed by atoms with E-state index in [-0.39, 0.29) is 18.5 Å². The van der Waals surface area contributed by atoms with E-state index in [1.54, 1.807) is 59.4 Å². The van der Waals surface area contributed by atoms with Crippen LogP contribution in [0.3, 0.4) is 0 Å². The van der Waals surface area contributed by atoms with E-state index in [0.717, 1.165) is 11.3 Å².